The molecule has 182 valence electrons. The molecule has 1 fully saturated rings. The lowest BCUT2D eigenvalue weighted by molar-refractivity contribution is -0.117. The number of methoxy groups -OCH3 is 1. The number of sulfonamides is 1. The summed E-state index contributed by atoms with van der Waals surface area (Å²) in [6.07, 6.45) is 3.37. The first kappa shape index (κ1) is 24.4. The van der Waals surface area contributed by atoms with Crippen molar-refractivity contribution in [2.24, 2.45) is 0 Å². The maximum absolute atomic E-state index is 13.0. The van der Waals surface area contributed by atoms with Gasteiger partial charge in [-0.05, 0) is 55.0 Å². The molecule has 2 heterocycles. The van der Waals surface area contributed by atoms with Crippen LogP contribution >= 0.6 is 0 Å². The van der Waals surface area contributed by atoms with Gasteiger partial charge in [0.1, 0.15) is 10.6 Å². The van der Waals surface area contributed by atoms with Crippen LogP contribution in [0.5, 0.6) is 5.75 Å². The average Bonchev–Trinajstić information content (AvgIpc) is 3.30. The Hall–Kier alpha value is -3.76. The Morgan fingerprint density at radius 2 is 1.97 bits per heavy atom. The number of nitrogens with zero attached hydrogens (tertiary/aromatic N) is 2. The molecule has 3 aromatic rings. The van der Waals surface area contributed by atoms with Crippen LogP contribution in [0.1, 0.15) is 28.9 Å². The summed E-state index contributed by atoms with van der Waals surface area (Å²) >= 11 is 0. The van der Waals surface area contributed by atoms with E-state index in [2.05, 4.69) is 15.0 Å². The number of rotatable bonds is 9. The van der Waals surface area contributed by atoms with E-state index in [-0.39, 0.29) is 28.7 Å². The molecule has 0 saturated carbocycles. The summed E-state index contributed by atoms with van der Waals surface area (Å²) in [6, 6.07) is 16.7. The zero-order chi connectivity index (χ0) is 24.8. The summed E-state index contributed by atoms with van der Waals surface area (Å²) in [4.78, 5) is 30.7. The predicted molar refractivity (Wildman–Crippen MR) is 132 cm³/mol. The number of hydrogen-bond donors (Lipinski definition) is 2. The van der Waals surface area contributed by atoms with E-state index in [1.165, 1.54) is 25.3 Å². The molecule has 1 aromatic heterocycles. The van der Waals surface area contributed by atoms with Gasteiger partial charge in [-0.3, -0.25) is 14.6 Å². The maximum atomic E-state index is 13.0. The first-order chi connectivity index (χ1) is 16.9. The minimum Gasteiger partial charge on any atom is -0.495 e. The fraction of sp³-hybridized carbons (Fsp3) is 0.240. The van der Waals surface area contributed by atoms with Gasteiger partial charge in [-0.25, -0.2) is 13.1 Å². The molecular formula is C25H26N4O5S. The van der Waals surface area contributed by atoms with Gasteiger partial charge in [0.2, 0.25) is 15.9 Å². The monoisotopic (exact) mass is 494 g/mol. The third-order valence-electron chi connectivity index (χ3n) is 5.60. The number of amides is 2. The molecule has 0 spiro atoms. The van der Waals surface area contributed by atoms with Crippen molar-refractivity contribution >= 4 is 33.2 Å². The van der Waals surface area contributed by atoms with Crippen molar-refractivity contribution in [3.05, 3.63) is 78.1 Å². The number of carbonyl (C=O) groups excluding carboxylic acids is 2. The second-order valence-electron chi connectivity index (χ2n) is 7.99. The molecule has 0 atom stereocenters. The number of hydrogen-bond acceptors (Lipinski definition) is 6. The van der Waals surface area contributed by atoms with Crippen molar-refractivity contribution < 1.29 is 22.7 Å². The van der Waals surface area contributed by atoms with Crippen molar-refractivity contribution in [2.45, 2.75) is 24.2 Å². The van der Waals surface area contributed by atoms with Crippen LogP contribution < -0.4 is 19.7 Å². The average molecular weight is 495 g/mol. The standard InChI is InChI=1S/C25H26N4O5S/c1-34-22-11-10-18(16-23(22)35(32,33)27-14-12-19-6-2-3-13-26-19)25(31)28-20-7-4-8-21(17-20)29-15-5-9-24(29)30/h2-4,6-8,10-11,13,16-17,27H,5,9,12,14-15H2,1H3,(H,28,31). The first-order valence-electron chi connectivity index (χ1n) is 11.2. The summed E-state index contributed by atoms with van der Waals surface area (Å²) in [5, 5.41) is 2.78. The fourth-order valence-electron chi connectivity index (χ4n) is 3.84. The van der Waals surface area contributed by atoms with Crippen molar-refractivity contribution in [1.29, 1.82) is 0 Å². The number of ether oxygens (including phenoxy) is 1. The Kier molecular flexibility index (Phi) is 7.42. The lowest BCUT2D eigenvalue weighted by Crippen LogP contribution is -2.27. The molecule has 0 unspecified atom stereocenters. The SMILES string of the molecule is COc1ccc(C(=O)Nc2cccc(N3CCCC3=O)c2)cc1S(=O)(=O)NCCc1ccccn1. The van der Waals surface area contributed by atoms with Crippen LogP contribution in [0.15, 0.2) is 71.8 Å². The maximum Gasteiger partial charge on any atom is 0.255 e. The van der Waals surface area contributed by atoms with Gasteiger partial charge in [0.25, 0.3) is 5.91 Å². The quantitative estimate of drug-likeness (QED) is 0.472. The van der Waals surface area contributed by atoms with Crippen LogP contribution in [-0.2, 0) is 21.2 Å². The van der Waals surface area contributed by atoms with Crippen molar-refractivity contribution in [3.8, 4) is 5.75 Å². The van der Waals surface area contributed by atoms with E-state index in [0.29, 0.717) is 30.8 Å². The van der Waals surface area contributed by atoms with Crippen LogP contribution in [0.3, 0.4) is 0 Å². The van der Waals surface area contributed by atoms with Crippen molar-refractivity contribution in [1.82, 2.24) is 9.71 Å². The Labute approximate surface area is 204 Å². The molecule has 2 amide bonds. The van der Waals surface area contributed by atoms with Crippen molar-refractivity contribution in [2.75, 3.05) is 30.4 Å². The number of aromatic nitrogens is 1. The summed E-state index contributed by atoms with van der Waals surface area (Å²) in [5.41, 5.74) is 2.12. The highest BCUT2D eigenvalue weighted by molar-refractivity contribution is 7.89. The summed E-state index contributed by atoms with van der Waals surface area (Å²) < 4.78 is 33.7. The number of pyridine rings is 1. The highest BCUT2D eigenvalue weighted by atomic mass is 32.2. The van der Waals surface area contributed by atoms with Crippen molar-refractivity contribution in [3.63, 3.8) is 0 Å². The van der Waals surface area contributed by atoms with Gasteiger partial charge in [0.15, 0.2) is 0 Å². The minimum absolute atomic E-state index is 0.0500. The zero-order valence-electron chi connectivity index (χ0n) is 19.2. The number of anilines is 2. The molecule has 1 aliphatic rings. The molecular weight excluding hydrogens is 468 g/mol. The zero-order valence-corrected chi connectivity index (χ0v) is 20.0. The lowest BCUT2D eigenvalue weighted by atomic mass is 10.2. The van der Waals surface area contributed by atoms with Gasteiger partial charge in [-0.15, -0.1) is 0 Å². The molecule has 10 heteroatoms. The Balaban J connectivity index is 1.49. The number of carbonyl (C=O) groups is 2. The van der Waals surface area contributed by atoms with Gasteiger partial charge in [0, 0.05) is 54.8 Å². The molecule has 2 aromatic carbocycles. The molecule has 0 radical (unpaired) electrons. The molecule has 1 aliphatic heterocycles. The van der Waals surface area contributed by atoms with Gasteiger partial charge in [-0.1, -0.05) is 12.1 Å². The van der Waals surface area contributed by atoms with E-state index in [1.807, 2.05) is 18.2 Å². The predicted octanol–water partition coefficient (Wildman–Crippen LogP) is 2.99. The summed E-state index contributed by atoms with van der Waals surface area (Å²) in [6.45, 7) is 0.782. The number of benzene rings is 2. The van der Waals surface area contributed by atoms with Crippen LogP contribution in [0.25, 0.3) is 0 Å². The highest BCUT2D eigenvalue weighted by Crippen LogP contribution is 2.27. The first-order valence-corrected chi connectivity index (χ1v) is 12.6. The lowest BCUT2D eigenvalue weighted by Gasteiger charge is -2.17. The van der Waals surface area contributed by atoms with Crippen LogP contribution in [0, 0.1) is 0 Å². The smallest absolute Gasteiger partial charge is 0.255 e. The van der Waals surface area contributed by atoms with Gasteiger partial charge < -0.3 is 15.0 Å². The van der Waals surface area contributed by atoms with Gasteiger partial charge in [-0.2, -0.15) is 0 Å². The van der Waals surface area contributed by atoms with E-state index < -0.39 is 15.9 Å². The van der Waals surface area contributed by atoms with Crippen LogP contribution in [-0.4, -0.2) is 45.4 Å². The molecule has 1 saturated heterocycles. The molecule has 35 heavy (non-hydrogen) atoms. The van der Waals surface area contributed by atoms with Gasteiger partial charge >= 0.3 is 0 Å². The third kappa shape index (κ3) is 5.84. The summed E-state index contributed by atoms with van der Waals surface area (Å²) in [5.74, 6) is -0.307. The summed E-state index contributed by atoms with van der Waals surface area (Å²) in [7, 11) is -2.58. The Morgan fingerprint density at radius 3 is 2.69 bits per heavy atom. The van der Waals surface area contributed by atoms with Crippen LogP contribution in [0.4, 0.5) is 11.4 Å². The van der Waals surface area contributed by atoms with E-state index >= 15 is 0 Å². The Bertz CT molecular complexity index is 1330. The molecule has 2 N–H and O–H groups in total. The number of nitrogens with one attached hydrogen (secondary N) is 2. The normalized spacial score (nSPS) is 13.6. The highest BCUT2D eigenvalue weighted by Gasteiger charge is 2.23. The largest absolute Gasteiger partial charge is 0.495 e. The van der Waals surface area contributed by atoms with Gasteiger partial charge in [0.05, 0.1) is 7.11 Å². The van der Waals surface area contributed by atoms with Crippen LogP contribution in [0.2, 0.25) is 0 Å². The minimum atomic E-state index is -3.95. The van der Waals surface area contributed by atoms with E-state index in [9.17, 15) is 18.0 Å². The topological polar surface area (TPSA) is 118 Å². The second-order valence-corrected chi connectivity index (χ2v) is 9.72. The van der Waals surface area contributed by atoms with E-state index in [1.54, 1.807) is 35.4 Å². The molecule has 0 aliphatic carbocycles. The Morgan fingerprint density at radius 1 is 1.11 bits per heavy atom. The van der Waals surface area contributed by atoms with E-state index in [4.69, 9.17) is 4.74 Å². The fourth-order valence-corrected chi connectivity index (χ4v) is 5.07. The van der Waals surface area contributed by atoms with E-state index in [0.717, 1.165) is 12.1 Å². The third-order valence-corrected chi connectivity index (χ3v) is 7.09. The molecule has 4 rings (SSSR count). The second kappa shape index (κ2) is 10.7. The molecule has 0 bridgehead atoms. The molecule has 9 nitrogen and oxygen atoms in total.